The average Bonchev–Trinajstić information content (AvgIpc) is 2.60. The van der Waals surface area contributed by atoms with Crippen LogP contribution in [-0.4, -0.2) is 34.4 Å². The third-order valence-corrected chi connectivity index (χ3v) is 3.31. The fourth-order valence-electron chi connectivity index (χ4n) is 1.85. The first kappa shape index (κ1) is 13.5. The molecule has 1 aliphatic carbocycles. The van der Waals surface area contributed by atoms with Gasteiger partial charge in [-0.2, -0.15) is 0 Å². The van der Waals surface area contributed by atoms with Crippen LogP contribution in [-0.2, 0) is 4.79 Å². The first-order chi connectivity index (χ1) is 7.26. The number of carbonyl (C=O) groups excluding carboxylic acids is 1. The standard InChI is InChI=1S/C12H23NO3/c1-11(2,3)9(14)8-13-10(15)12(16)6-4-5-7-12/h9,14,16H,4-8H2,1-3H3,(H,13,15). The zero-order valence-corrected chi connectivity index (χ0v) is 10.4. The smallest absolute Gasteiger partial charge is 0.252 e. The highest BCUT2D eigenvalue weighted by atomic mass is 16.3. The van der Waals surface area contributed by atoms with E-state index in [1.807, 2.05) is 20.8 Å². The Labute approximate surface area is 97.0 Å². The molecule has 1 saturated carbocycles. The molecule has 0 bridgehead atoms. The lowest BCUT2D eigenvalue weighted by Gasteiger charge is -2.28. The summed E-state index contributed by atoms with van der Waals surface area (Å²) in [5.41, 5.74) is -1.46. The molecule has 1 amide bonds. The summed E-state index contributed by atoms with van der Waals surface area (Å²) in [5.74, 6) is -0.340. The van der Waals surface area contributed by atoms with Crippen LogP contribution >= 0.6 is 0 Å². The van der Waals surface area contributed by atoms with Crippen molar-refractivity contribution in [2.75, 3.05) is 6.54 Å². The van der Waals surface area contributed by atoms with Crippen LogP contribution in [0.2, 0.25) is 0 Å². The molecule has 1 unspecified atom stereocenters. The third kappa shape index (κ3) is 3.19. The van der Waals surface area contributed by atoms with Crippen molar-refractivity contribution in [3.63, 3.8) is 0 Å². The van der Waals surface area contributed by atoms with Crippen LogP contribution in [0, 0.1) is 5.41 Å². The first-order valence-electron chi connectivity index (χ1n) is 5.94. The molecule has 0 saturated heterocycles. The van der Waals surface area contributed by atoms with Crippen LogP contribution < -0.4 is 5.32 Å². The van der Waals surface area contributed by atoms with E-state index in [0.29, 0.717) is 12.8 Å². The molecule has 1 atom stereocenters. The lowest BCUT2D eigenvalue weighted by molar-refractivity contribution is -0.139. The summed E-state index contributed by atoms with van der Waals surface area (Å²) in [6.07, 6.45) is 2.26. The normalized spacial score (nSPS) is 21.8. The number of amides is 1. The summed E-state index contributed by atoms with van der Waals surface area (Å²) in [5, 5.41) is 22.4. The summed E-state index contributed by atoms with van der Waals surface area (Å²) < 4.78 is 0. The quantitative estimate of drug-likeness (QED) is 0.671. The summed E-state index contributed by atoms with van der Waals surface area (Å²) in [6.45, 7) is 5.93. The maximum absolute atomic E-state index is 11.7. The summed E-state index contributed by atoms with van der Waals surface area (Å²) in [7, 11) is 0. The molecule has 16 heavy (non-hydrogen) atoms. The van der Waals surface area contributed by atoms with Gasteiger partial charge in [-0.15, -0.1) is 0 Å². The summed E-state index contributed by atoms with van der Waals surface area (Å²) >= 11 is 0. The van der Waals surface area contributed by atoms with Gasteiger partial charge in [-0.05, 0) is 31.1 Å². The van der Waals surface area contributed by atoms with Gasteiger partial charge in [0.15, 0.2) is 0 Å². The van der Waals surface area contributed by atoms with Crippen LogP contribution in [0.25, 0.3) is 0 Å². The Balaban J connectivity index is 2.41. The second-order valence-electron chi connectivity index (χ2n) is 5.83. The largest absolute Gasteiger partial charge is 0.391 e. The van der Waals surface area contributed by atoms with Crippen molar-refractivity contribution in [2.45, 2.75) is 58.2 Å². The van der Waals surface area contributed by atoms with E-state index in [0.717, 1.165) is 12.8 Å². The fraction of sp³-hybridized carbons (Fsp3) is 0.917. The fourth-order valence-corrected chi connectivity index (χ4v) is 1.85. The second kappa shape index (κ2) is 4.72. The minimum absolute atomic E-state index is 0.199. The highest BCUT2D eigenvalue weighted by Gasteiger charge is 2.39. The zero-order valence-electron chi connectivity index (χ0n) is 10.4. The first-order valence-corrected chi connectivity index (χ1v) is 5.94. The van der Waals surface area contributed by atoms with Gasteiger partial charge in [0.2, 0.25) is 0 Å². The minimum Gasteiger partial charge on any atom is -0.391 e. The van der Waals surface area contributed by atoms with E-state index >= 15 is 0 Å². The lowest BCUT2D eigenvalue weighted by Crippen LogP contribution is -2.48. The Bertz CT molecular complexity index is 251. The Hall–Kier alpha value is -0.610. The van der Waals surface area contributed by atoms with Gasteiger partial charge < -0.3 is 15.5 Å². The van der Waals surface area contributed by atoms with Gasteiger partial charge in [0.05, 0.1) is 6.10 Å². The number of carbonyl (C=O) groups is 1. The molecular formula is C12H23NO3. The van der Waals surface area contributed by atoms with E-state index in [2.05, 4.69) is 5.32 Å². The zero-order chi connectivity index (χ0) is 12.4. The van der Waals surface area contributed by atoms with Gasteiger partial charge in [0.1, 0.15) is 5.60 Å². The third-order valence-electron chi connectivity index (χ3n) is 3.31. The van der Waals surface area contributed by atoms with Crippen LogP contribution in [0.5, 0.6) is 0 Å². The van der Waals surface area contributed by atoms with E-state index in [1.165, 1.54) is 0 Å². The SMILES string of the molecule is CC(C)(C)C(O)CNC(=O)C1(O)CCCC1. The van der Waals surface area contributed by atoms with Gasteiger partial charge in [-0.3, -0.25) is 4.79 Å². The molecule has 0 aromatic heterocycles. The van der Waals surface area contributed by atoms with E-state index in [9.17, 15) is 15.0 Å². The Morgan fingerprint density at radius 3 is 2.31 bits per heavy atom. The predicted octanol–water partition coefficient (Wildman–Crippen LogP) is 0.815. The lowest BCUT2D eigenvalue weighted by atomic mass is 9.89. The van der Waals surface area contributed by atoms with Gasteiger partial charge in [-0.25, -0.2) is 0 Å². The molecule has 94 valence electrons. The van der Waals surface area contributed by atoms with Crippen LogP contribution in [0.1, 0.15) is 46.5 Å². The predicted molar refractivity (Wildman–Crippen MR) is 61.9 cm³/mol. The van der Waals surface area contributed by atoms with Crippen molar-refractivity contribution >= 4 is 5.91 Å². The molecule has 0 spiro atoms. The number of nitrogens with one attached hydrogen (secondary N) is 1. The Morgan fingerprint density at radius 2 is 1.88 bits per heavy atom. The number of aliphatic hydroxyl groups is 2. The van der Waals surface area contributed by atoms with Gasteiger partial charge in [0, 0.05) is 6.54 Å². The number of rotatable bonds is 3. The summed E-state index contributed by atoms with van der Waals surface area (Å²) in [6, 6.07) is 0. The highest BCUT2D eigenvalue weighted by molar-refractivity contribution is 5.85. The van der Waals surface area contributed by atoms with Crippen LogP contribution in [0.15, 0.2) is 0 Å². The van der Waals surface area contributed by atoms with Crippen molar-refractivity contribution in [3.8, 4) is 0 Å². The topological polar surface area (TPSA) is 69.6 Å². The molecule has 1 fully saturated rings. The molecule has 1 rings (SSSR count). The van der Waals surface area contributed by atoms with Crippen molar-refractivity contribution in [2.24, 2.45) is 5.41 Å². The molecule has 0 aromatic rings. The van der Waals surface area contributed by atoms with Gasteiger partial charge >= 0.3 is 0 Å². The van der Waals surface area contributed by atoms with E-state index < -0.39 is 11.7 Å². The van der Waals surface area contributed by atoms with E-state index in [1.54, 1.807) is 0 Å². The van der Waals surface area contributed by atoms with Crippen LogP contribution in [0.4, 0.5) is 0 Å². The molecule has 4 nitrogen and oxygen atoms in total. The highest BCUT2D eigenvalue weighted by Crippen LogP contribution is 2.29. The second-order valence-corrected chi connectivity index (χ2v) is 5.83. The summed E-state index contributed by atoms with van der Waals surface area (Å²) in [4.78, 5) is 11.7. The van der Waals surface area contributed by atoms with Crippen molar-refractivity contribution in [1.82, 2.24) is 5.32 Å². The maximum atomic E-state index is 11.7. The van der Waals surface area contributed by atoms with E-state index in [4.69, 9.17) is 0 Å². The molecule has 0 aromatic carbocycles. The maximum Gasteiger partial charge on any atom is 0.252 e. The number of hydrogen-bond donors (Lipinski definition) is 3. The average molecular weight is 229 g/mol. The minimum atomic E-state index is -1.20. The Kier molecular flexibility index (Phi) is 3.97. The Morgan fingerprint density at radius 1 is 1.38 bits per heavy atom. The van der Waals surface area contributed by atoms with Crippen LogP contribution in [0.3, 0.4) is 0 Å². The molecule has 0 heterocycles. The number of aliphatic hydroxyl groups excluding tert-OH is 1. The van der Waals surface area contributed by atoms with Gasteiger partial charge in [-0.1, -0.05) is 20.8 Å². The molecule has 0 aliphatic heterocycles. The molecular weight excluding hydrogens is 206 g/mol. The monoisotopic (exact) mass is 229 g/mol. The molecule has 4 heteroatoms. The molecule has 3 N–H and O–H groups in total. The number of hydrogen-bond acceptors (Lipinski definition) is 3. The van der Waals surface area contributed by atoms with E-state index in [-0.39, 0.29) is 17.9 Å². The van der Waals surface area contributed by atoms with Gasteiger partial charge in [0.25, 0.3) is 5.91 Å². The molecule has 0 radical (unpaired) electrons. The van der Waals surface area contributed by atoms with Crippen molar-refractivity contribution < 1.29 is 15.0 Å². The van der Waals surface area contributed by atoms with Crippen molar-refractivity contribution in [1.29, 1.82) is 0 Å². The molecule has 1 aliphatic rings. The van der Waals surface area contributed by atoms with Crippen molar-refractivity contribution in [3.05, 3.63) is 0 Å².